The molecule has 0 fully saturated rings. The Labute approximate surface area is 115 Å². The zero-order valence-corrected chi connectivity index (χ0v) is 11.4. The molecule has 0 atom stereocenters. The Hall–Kier alpha value is -1.17. The van der Waals surface area contributed by atoms with Gasteiger partial charge in [0.25, 0.3) is 0 Å². The molecule has 0 amide bonds. The third kappa shape index (κ3) is 2.98. The summed E-state index contributed by atoms with van der Waals surface area (Å²) in [6.45, 7) is 5.59. The number of nitrogens with one attached hydrogen (secondary N) is 1. The number of imidazole rings is 1. The van der Waals surface area contributed by atoms with Crippen LogP contribution in [0.4, 0.5) is 0 Å². The summed E-state index contributed by atoms with van der Waals surface area (Å²) in [7, 11) is 0. The van der Waals surface area contributed by atoms with Crippen LogP contribution in [0.2, 0.25) is 5.02 Å². The van der Waals surface area contributed by atoms with E-state index in [-0.39, 0.29) is 0 Å². The van der Waals surface area contributed by atoms with Gasteiger partial charge in [0.05, 0.1) is 30.3 Å². The molecule has 1 N–H and O–H groups in total. The van der Waals surface area contributed by atoms with Crippen LogP contribution in [0.5, 0.6) is 0 Å². The van der Waals surface area contributed by atoms with Gasteiger partial charge < -0.3 is 9.72 Å². The number of ether oxygens (including phenoxy) is 1. The number of fused-ring (bicyclic) bond motifs is 1. The highest BCUT2D eigenvalue weighted by Crippen LogP contribution is 2.16. The third-order valence-corrected chi connectivity index (χ3v) is 3.03. The summed E-state index contributed by atoms with van der Waals surface area (Å²) in [6.07, 6.45) is 4.30. The Kier molecular flexibility index (Phi) is 4.52. The molecule has 0 aliphatic rings. The van der Waals surface area contributed by atoms with Crippen LogP contribution in [-0.2, 0) is 11.3 Å². The lowest BCUT2D eigenvalue weighted by Crippen LogP contribution is -2.07. The van der Waals surface area contributed by atoms with Crippen LogP contribution in [0.25, 0.3) is 11.2 Å². The van der Waals surface area contributed by atoms with Gasteiger partial charge in [0.2, 0.25) is 0 Å². The molecule has 0 bridgehead atoms. The number of aromatic nitrogens is 3. The first-order valence-corrected chi connectivity index (χ1v) is 6.43. The van der Waals surface area contributed by atoms with Gasteiger partial charge in [-0.2, -0.15) is 0 Å². The van der Waals surface area contributed by atoms with E-state index in [1.165, 1.54) is 0 Å². The highest BCUT2D eigenvalue weighted by molar-refractivity contribution is 7.71. The van der Waals surface area contributed by atoms with Gasteiger partial charge in [-0.1, -0.05) is 17.7 Å². The number of rotatable bonds is 6. The number of pyridine rings is 1. The minimum atomic E-state index is 0.591. The van der Waals surface area contributed by atoms with E-state index in [0.717, 1.165) is 17.6 Å². The van der Waals surface area contributed by atoms with Crippen molar-refractivity contribution in [3.63, 3.8) is 0 Å². The fourth-order valence-electron chi connectivity index (χ4n) is 1.65. The number of nitrogens with zero attached hydrogens (tertiary/aromatic N) is 2. The van der Waals surface area contributed by atoms with E-state index >= 15 is 0 Å². The topological polar surface area (TPSA) is 42.8 Å². The molecule has 4 nitrogen and oxygen atoms in total. The lowest BCUT2D eigenvalue weighted by atomic mass is 10.4. The van der Waals surface area contributed by atoms with E-state index in [9.17, 15) is 0 Å². The van der Waals surface area contributed by atoms with E-state index in [1.54, 1.807) is 6.20 Å². The molecule has 0 unspecified atom stereocenters. The molecule has 0 aliphatic carbocycles. The number of hydrogen-bond acceptors (Lipinski definition) is 3. The molecule has 18 heavy (non-hydrogen) atoms. The zero-order chi connectivity index (χ0) is 13.0. The van der Waals surface area contributed by atoms with Gasteiger partial charge in [-0.3, -0.25) is 4.57 Å². The maximum Gasteiger partial charge on any atom is 0.179 e. The zero-order valence-electron chi connectivity index (χ0n) is 9.86. The number of aromatic amines is 1. The first-order valence-electron chi connectivity index (χ1n) is 5.65. The van der Waals surface area contributed by atoms with Crippen molar-refractivity contribution in [2.45, 2.75) is 13.0 Å². The molecule has 0 saturated carbocycles. The van der Waals surface area contributed by atoms with Crippen molar-refractivity contribution in [3.05, 3.63) is 34.7 Å². The van der Waals surface area contributed by atoms with E-state index in [1.807, 2.05) is 16.7 Å². The minimum Gasteiger partial charge on any atom is -0.379 e. The largest absolute Gasteiger partial charge is 0.379 e. The molecule has 0 aromatic carbocycles. The minimum absolute atomic E-state index is 0.591. The summed E-state index contributed by atoms with van der Waals surface area (Å²) in [6, 6.07) is 1.81. The summed E-state index contributed by atoms with van der Waals surface area (Å²) in [5.41, 5.74) is 1.65. The average molecular weight is 284 g/mol. The molecule has 0 aliphatic heterocycles. The van der Waals surface area contributed by atoms with Crippen LogP contribution in [-0.4, -0.2) is 27.7 Å². The van der Waals surface area contributed by atoms with Gasteiger partial charge in [-0.05, 0) is 24.7 Å². The standard InChI is InChI=1S/C12H14ClN3OS/c1-2-3-5-17-6-4-16-11-10(15-12(16)18)7-9(13)8-14-11/h2,7-8H,1,3-6H2,(H,15,18). The van der Waals surface area contributed by atoms with Gasteiger partial charge >= 0.3 is 0 Å². The molecule has 2 aromatic rings. The van der Waals surface area contributed by atoms with E-state index in [2.05, 4.69) is 16.5 Å². The summed E-state index contributed by atoms with van der Waals surface area (Å²) in [5.74, 6) is 0. The molecule has 96 valence electrons. The number of halogens is 1. The molecule has 2 rings (SSSR count). The van der Waals surface area contributed by atoms with Crippen molar-refractivity contribution in [1.82, 2.24) is 14.5 Å². The summed E-state index contributed by atoms with van der Waals surface area (Å²) in [5, 5.41) is 0.591. The predicted octanol–water partition coefficient (Wildman–Crippen LogP) is 3.34. The highest BCUT2D eigenvalue weighted by atomic mass is 35.5. The normalized spacial score (nSPS) is 10.9. The Morgan fingerprint density at radius 1 is 1.56 bits per heavy atom. The van der Waals surface area contributed by atoms with Crippen LogP contribution in [0.15, 0.2) is 24.9 Å². The fraction of sp³-hybridized carbons (Fsp3) is 0.333. The van der Waals surface area contributed by atoms with E-state index in [0.29, 0.717) is 29.6 Å². The maximum absolute atomic E-state index is 5.88. The first-order chi connectivity index (χ1) is 8.72. The Bertz CT molecular complexity index is 605. The van der Waals surface area contributed by atoms with Crippen molar-refractivity contribution < 1.29 is 4.74 Å². The molecule has 0 saturated heterocycles. The second-order valence-corrected chi connectivity index (χ2v) is 4.62. The summed E-state index contributed by atoms with van der Waals surface area (Å²) in [4.78, 5) is 7.36. The molecule has 0 spiro atoms. The Balaban J connectivity index is 2.10. The summed E-state index contributed by atoms with van der Waals surface area (Å²) < 4.78 is 8.01. The average Bonchev–Trinajstić information content (AvgIpc) is 2.64. The summed E-state index contributed by atoms with van der Waals surface area (Å²) >= 11 is 11.1. The van der Waals surface area contributed by atoms with Gasteiger partial charge in [-0.15, -0.1) is 6.58 Å². The second kappa shape index (κ2) is 6.13. The molecule has 2 aromatic heterocycles. The molecular formula is C12H14ClN3OS. The van der Waals surface area contributed by atoms with Gasteiger partial charge in [0.15, 0.2) is 10.4 Å². The van der Waals surface area contributed by atoms with Crippen molar-refractivity contribution >= 4 is 35.0 Å². The monoisotopic (exact) mass is 283 g/mol. The quantitative estimate of drug-likeness (QED) is 0.502. The van der Waals surface area contributed by atoms with Crippen LogP contribution < -0.4 is 0 Å². The fourth-order valence-corrected chi connectivity index (χ4v) is 2.10. The van der Waals surface area contributed by atoms with Gasteiger partial charge in [-0.25, -0.2) is 4.98 Å². The number of H-pyrrole nitrogens is 1. The lowest BCUT2D eigenvalue weighted by molar-refractivity contribution is 0.131. The third-order valence-electron chi connectivity index (χ3n) is 2.50. The van der Waals surface area contributed by atoms with Crippen molar-refractivity contribution in [1.29, 1.82) is 0 Å². The molecule has 2 heterocycles. The van der Waals surface area contributed by atoms with Crippen LogP contribution >= 0.6 is 23.8 Å². The predicted molar refractivity (Wildman–Crippen MR) is 75.6 cm³/mol. The van der Waals surface area contributed by atoms with Gasteiger partial charge in [0, 0.05) is 6.20 Å². The Morgan fingerprint density at radius 2 is 2.39 bits per heavy atom. The van der Waals surface area contributed by atoms with Crippen molar-refractivity contribution in [2.24, 2.45) is 0 Å². The van der Waals surface area contributed by atoms with Crippen LogP contribution in [0, 0.1) is 4.77 Å². The second-order valence-electron chi connectivity index (χ2n) is 3.80. The lowest BCUT2D eigenvalue weighted by Gasteiger charge is -2.04. The van der Waals surface area contributed by atoms with Gasteiger partial charge in [0.1, 0.15) is 0 Å². The van der Waals surface area contributed by atoms with E-state index < -0.39 is 0 Å². The first kappa shape index (κ1) is 13.3. The van der Waals surface area contributed by atoms with Crippen LogP contribution in [0.3, 0.4) is 0 Å². The molecule has 0 radical (unpaired) electrons. The highest BCUT2D eigenvalue weighted by Gasteiger charge is 2.05. The smallest absolute Gasteiger partial charge is 0.179 e. The SMILES string of the molecule is C=CCCOCCn1c(=S)[nH]c2cc(Cl)cnc21. The van der Waals surface area contributed by atoms with Crippen molar-refractivity contribution in [3.8, 4) is 0 Å². The Morgan fingerprint density at radius 3 is 3.17 bits per heavy atom. The molecular weight excluding hydrogens is 270 g/mol. The maximum atomic E-state index is 5.88. The van der Waals surface area contributed by atoms with Crippen molar-refractivity contribution in [2.75, 3.05) is 13.2 Å². The van der Waals surface area contributed by atoms with E-state index in [4.69, 9.17) is 28.6 Å². The number of hydrogen-bond donors (Lipinski definition) is 1. The van der Waals surface area contributed by atoms with Crippen LogP contribution in [0.1, 0.15) is 6.42 Å². The molecule has 6 heteroatoms.